The first-order valence-corrected chi connectivity index (χ1v) is 8.98. The van der Waals surface area contributed by atoms with Gasteiger partial charge in [0, 0.05) is 5.69 Å². The fourth-order valence-electron chi connectivity index (χ4n) is 3.58. The van der Waals surface area contributed by atoms with Crippen LogP contribution < -0.4 is 5.32 Å². The van der Waals surface area contributed by atoms with Crippen LogP contribution in [0.25, 0.3) is 0 Å². The van der Waals surface area contributed by atoms with Crippen molar-refractivity contribution in [3.8, 4) is 0 Å². The van der Waals surface area contributed by atoms with Gasteiger partial charge in [-0.3, -0.25) is 24.1 Å². The van der Waals surface area contributed by atoms with Crippen LogP contribution in [0.15, 0.2) is 24.3 Å². The van der Waals surface area contributed by atoms with Crippen molar-refractivity contribution in [2.75, 3.05) is 11.9 Å². The lowest BCUT2D eigenvalue weighted by molar-refractivity contribution is -0.158. The summed E-state index contributed by atoms with van der Waals surface area (Å²) in [5.41, 5.74) is 0.360. The van der Waals surface area contributed by atoms with Crippen molar-refractivity contribution in [2.24, 2.45) is 11.8 Å². The van der Waals surface area contributed by atoms with E-state index in [0.717, 1.165) is 17.7 Å². The maximum Gasteiger partial charge on any atom is 0.326 e. The number of hydrogen-bond donors (Lipinski definition) is 1. The molecule has 0 bridgehead atoms. The van der Waals surface area contributed by atoms with Crippen molar-refractivity contribution in [1.82, 2.24) is 4.90 Å². The number of nitrogens with zero attached hydrogens (tertiary/aromatic N) is 1. The van der Waals surface area contributed by atoms with Crippen LogP contribution in [0.4, 0.5) is 10.1 Å². The van der Waals surface area contributed by atoms with Gasteiger partial charge in [-0.25, -0.2) is 4.39 Å². The summed E-state index contributed by atoms with van der Waals surface area (Å²) in [6.07, 6.45) is 2.00. The van der Waals surface area contributed by atoms with Gasteiger partial charge < -0.3 is 10.1 Å². The largest absolute Gasteiger partial charge is 0.451 e. The summed E-state index contributed by atoms with van der Waals surface area (Å²) in [6, 6.07) is 5.14. The number of amides is 3. The smallest absolute Gasteiger partial charge is 0.326 e. The summed E-state index contributed by atoms with van der Waals surface area (Å²) < 4.78 is 17.9. The molecule has 27 heavy (non-hydrogen) atoms. The summed E-state index contributed by atoms with van der Waals surface area (Å²) in [6.45, 7) is 0.892. The van der Waals surface area contributed by atoms with E-state index >= 15 is 0 Å². The summed E-state index contributed by atoms with van der Waals surface area (Å²) in [7, 11) is 0. The zero-order valence-corrected chi connectivity index (χ0v) is 14.9. The molecule has 1 saturated carbocycles. The molecule has 3 amide bonds. The van der Waals surface area contributed by atoms with Crippen LogP contribution in [0, 0.1) is 17.7 Å². The van der Waals surface area contributed by atoms with Gasteiger partial charge in [-0.15, -0.1) is 0 Å². The molecular weight excluding hydrogens is 355 g/mol. The second-order valence-electron chi connectivity index (χ2n) is 6.89. The highest BCUT2D eigenvalue weighted by molar-refractivity contribution is 6.07. The molecule has 1 aliphatic carbocycles. The van der Waals surface area contributed by atoms with Gasteiger partial charge in [0.05, 0.1) is 11.8 Å². The number of likely N-dealkylation sites (tertiary alicyclic amines) is 1. The Labute approximate surface area is 155 Å². The van der Waals surface area contributed by atoms with Crippen molar-refractivity contribution in [3.05, 3.63) is 30.1 Å². The standard InChI is InChI=1S/C19H21FN2O5/c1-11(17(24)21-13-8-6-12(20)7-9-13)27-16(23)10-22-18(25)14-4-2-3-5-15(14)19(22)26/h6-9,11,14-15H,2-5,10H2,1H3,(H,21,24)/t11-,14-,15-/m0/s1. The van der Waals surface area contributed by atoms with Crippen LogP contribution in [0.1, 0.15) is 32.6 Å². The van der Waals surface area contributed by atoms with E-state index in [2.05, 4.69) is 5.32 Å². The Morgan fingerprint density at radius 1 is 1.15 bits per heavy atom. The predicted octanol–water partition coefficient (Wildman–Crippen LogP) is 1.87. The van der Waals surface area contributed by atoms with Crippen LogP contribution in [-0.4, -0.2) is 41.2 Å². The third-order valence-electron chi connectivity index (χ3n) is 5.01. The molecule has 3 rings (SSSR count). The van der Waals surface area contributed by atoms with Crippen molar-refractivity contribution in [2.45, 2.75) is 38.7 Å². The molecule has 1 saturated heterocycles. The quantitative estimate of drug-likeness (QED) is 0.626. The molecule has 1 N–H and O–H groups in total. The highest BCUT2D eigenvalue weighted by atomic mass is 19.1. The van der Waals surface area contributed by atoms with Gasteiger partial charge in [0.25, 0.3) is 5.91 Å². The first-order chi connectivity index (χ1) is 12.9. The van der Waals surface area contributed by atoms with Crippen molar-refractivity contribution in [1.29, 1.82) is 0 Å². The van der Waals surface area contributed by atoms with E-state index in [1.807, 2.05) is 0 Å². The minimum absolute atomic E-state index is 0.329. The van der Waals surface area contributed by atoms with Crippen LogP contribution in [0.5, 0.6) is 0 Å². The molecule has 1 aromatic carbocycles. The highest BCUT2D eigenvalue weighted by Gasteiger charge is 2.48. The third kappa shape index (κ3) is 4.15. The number of imide groups is 1. The number of benzene rings is 1. The van der Waals surface area contributed by atoms with Crippen LogP contribution >= 0.6 is 0 Å². The van der Waals surface area contributed by atoms with Gasteiger partial charge in [-0.1, -0.05) is 12.8 Å². The Hall–Kier alpha value is -2.77. The second kappa shape index (κ2) is 7.85. The molecule has 8 heteroatoms. The number of rotatable bonds is 5. The maximum atomic E-state index is 12.9. The van der Waals surface area contributed by atoms with E-state index in [9.17, 15) is 23.6 Å². The number of esters is 1. The van der Waals surface area contributed by atoms with Crippen molar-refractivity contribution in [3.63, 3.8) is 0 Å². The lowest BCUT2D eigenvalue weighted by Gasteiger charge is -2.19. The minimum atomic E-state index is -1.13. The summed E-state index contributed by atoms with van der Waals surface area (Å²) >= 11 is 0. The Balaban J connectivity index is 1.53. The Kier molecular flexibility index (Phi) is 5.53. The number of nitrogens with one attached hydrogen (secondary N) is 1. The summed E-state index contributed by atoms with van der Waals surface area (Å²) in [5.74, 6) is -3.18. The topological polar surface area (TPSA) is 92.8 Å². The zero-order valence-electron chi connectivity index (χ0n) is 14.9. The molecule has 2 aliphatic rings. The summed E-state index contributed by atoms with van der Waals surface area (Å²) in [5, 5.41) is 2.50. The highest BCUT2D eigenvalue weighted by Crippen LogP contribution is 2.37. The Bertz CT molecular complexity index is 740. The van der Waals surface area contributed by atoms with Gasteiger partial charge in [0.2, 0.25) is 11.8 Å². The molecule has 0 unspecified atom stereocenters. The molecule has 7 nitrogen and oxygen atoms in total. The van der Waals surface area contributed by atoms with E-state index in [1.165, 1.54) is 31.2 Å². The number of ether oxygens (including phenoxy) is 1. The van der Waals surface area contributed by atoms with Gasteiger partial charge in [0.15, 0.2) is 6.10 Å². The molecule has 1 aromatic rings. The number of carbonyl (C=O) groups is 4. The Morgan fingerprint density at radius 2 is 1.70 bits per heavy atom. The second-order valence-corrected chi connectivity index (χ2v) is 6.89. The number of fused-ring (bicyclic) bond motifs is 1. The van der Waals surface area contributed by atoms with E-state index in [0.29, 0.717) is 18.5 Å². The van der Waals surface area contributed by atoms with E-state index in [4.69, 9.17) is 4.74 Å². The maximum absolute atomic E-state index is 12.9. The van der Waals surface area contributed by atoms with Crippen LogP contribution in [0.3, 0.4) is 0 Å². The normalized spacial score (nSPS) is 23.0. The predicted molar refractivity (Wildman–Crippen MR) is 92.8 cm³/mol. The SMILES string of the molecule is C[C@H](OC(=O)CN1C(=O)[C@H]2CCCC[C@@H]2C1=O)C(=O)Nc1ccc(F)cc1. The van der Waals surface area contributed by atoms with Gasteiger partial charge >= 0.3 is 5.97 Å². The average molecular weight is 376 g/mol. The van der Waals surface area contributed by atoms with E-state index < -0.39 is 30.3 Å². The number of halogens is 1. The summed E-state index contributed by atoms with van der Waals surface area (Å²) in [4.78, 5) is 49.9. The van der Waals surface area contributed by atoms with Gasteiger partial charge in [0.1, 0.15) is 12.4 Å². The van der Waals surface area contributed by atoms with Crippen LogP contribution in [-0.2, 0) is 23.9 Å². The molecule has 0 aromatic heterocycles. The van der Waals surface area contributed by atoms with Gasteiger partial charge in [-0.05, 0) is 44.0 Å². The van der Waals surface area contributed by atoms with Crippen molar-refractivity contribution >= 4 is 29.4 Å². The average Bonchev–Trinajstić information content (AvgIpc) is 2.89. The Morgan fingerprint density at radius 3 is 2.26 bits per heavy atom. The fraction of sp³-hybridized carbons (Fsp3) is 0.474. The molecule has 1 heterocycles. The number of carbonyl (C=O) groups excluding carboxylic acids is 4. The molecule has 1 aliphatic heterocycles. The minimum Gasteiger partial charge on any atom is -0.451 e. The van der Waals surface area contributed by atoms with E-state index in [-0.39, 0.29) is 23.7 Å². The zero-order chi connectivity index (χ0) is 19.6. The van der Waals surface area contributed by atoms with Crippen molar-refractivity contribution < 1.29 is 28.3 Å². The fourth-order valence-corrected chi connectivity index (χ4v) is 3.58. The lowest BCUT2D eigenvalue weighted by Crippen LogP contribution is -2.39. The molecule has 0 spiro atoms. The number of hydrogen-bond acceptors (Lipinski definition) is 5. The molecule has 3 atom stereocenters. The number of anilines is 1. The molecule has 0 radical (unpaired) electrons. The molecule has 2 fully saturated rings. The third-order valence-corrected chi connectivity index (χ3v) is 5.01. The first kappa shape index (κ1) is 19.0. The first-order valence-electron chi connectivity index (χ1n) is 8.98. The van der Waals surface area contributed by atoms with E-state index in [1.54, 1.807) is 0 Å². The van der Waals surface area contributed by atoms with Crippen LogP contribution in [0.2, 0.25) is 0 Å². The van der Waals surface area contributed by atoms with Gasteiger partial charge in [-0.2, -0.15) is 0 Å². The molecule has 144 valence electrons. The molecular formula is C19H21FN2O5. The monoisotopic (exact) mass is 376 g/mol. The lowest BCUT2D eigenvalue weighted by atomic mass is 9.81.